The summed E-state index contributed by atoms with van der Waals surface area (Å²) in [7, 11) is 0. The molecule has 23 heavy (non-hydrogen) atoms. The number of esters is 1. The Morgan fingerprint density at radius 3 is 2.22 bits per heavy atom. The molecule has 4 bridgehead atoms. The first-order chi connectivity index (χ1) is 10.5. The zero-order valence-corrected chi connectivity index (χ0v) is 12.7. The summed E-state index contributed by atoms with van der Waals surface area (Å²) in [6, 6.07) is 0. The summed E-state index contributed by atoms with van der Waals surface area (Å²) in [5.41, 5.74) is -0.821. The maximum atomic E-state index is 13.5. The van der Waals surface area contributed by atoms with E-state index in [-0.39, 0.29) is 17.8 Å². The molecule has 0 N–H and O–H groups in total. The molecule has 4 aliphatic carbocycles. The van der Waals surface area contributed by atoms with Crippen molar-refractivity contribution in [3.8, 4) is 0 Å². The molecule has 4 saturated carbocycles. The van der Waals surface area contributed by atoms with Crippen LogP contribution in [0.4, 0.5) is 26.3 Å². The van der Waals surface area contributed by atoms with Gasteiger partial charge in [-0.3, -0.25) is 4.79 Å². The van der Waals surface area contributed by atoms with Crippen molar-refractivity contribution in [3.63, 3.8) is 0 Å². The van der Waals surface area contributed by atoms with Crippen LogP contribution in [0, 0.1) is 35.0 Å². The van der Waals surface area contributed by atoms with E-state index in [1.54, 1.807) is 0 Å². The molecule has 0 aromatic rings. The summed E-state index contributed by atoms with van der Waals surface area (Å²) in [5.74, 6) is -9.84. The van der Waals surface area contributed by atoms with Gasteiger partial charge < -0.3 is 4.74 Å². The van der Waals surface area contributed by atoms with E-state index in [0.29, 0.717) is 11.8 Å². The van der Waals surface area contributed by atoms with E-state index in [2.05, 4.69) is 4.74 Å². The quantitative estimate of drug-likeness (QED) is 0.538. The van der Waals surface area contributed by atoms with Crippen molar-refractivity contribution >= 4 is 5.97 Å². The predicted molar refractivity (Wildman–Crippen MR) is 67.3 cm³/mol. The summed E-state index contributed by atoms with van der Waals surface area (Å²) in [6.07, 6.45) is -5.00. The first-order valence-electron chi connectivity index (χ1n) is 7.68. The molecule has 0 spiro atoms. The van der Waals surface area contributed by atoms with Gasteiger partial charge in [0.05, 0.1) is 11.8 Å². The van der Waals surface area contributed by atoms with E-state index in [9.17, 15) is 31.1 Å². The van der Waals surface area contributed by atoms with Crippen LogP contribution in [-0.2, 0) is 9.53 Å². The van der Waals surface area contributed by atoms with Gasteiger partial charge in [-0.25, -0.2) is 8.78 Å². The monoisotopic (exact) mass is 344 g/mol. The number of carbonyl (C=O) groups excluding carboxylic acids is 1. The number of rotatable bonds is 6. The average molecular weight is 344 g/mol. The second-order valence-corrected chi connectivity index (χ2v) is 7.19. The molecule has 6 unspecified atom stereocenters. The van der Waals surface area contributed by atoms with Gasteiger partial charge in [0.2, 0.25) is 6.43 Å². The highest BCUT2D eigenvalue weighted by Crippen LogP contribution is 2.83. The first-order valence-corrected chi connectivity index (χ1v) is 7.68. The Labute approximate surface area is 129 Å². The Bertz CT molecular complexity index is 518. The zero-order chi connectivity index (χ0) is 17.4. The van der Waals surface area contributed by atoms with Crippen molar-refractivity contribution < 1.29 is 35.9 Å². The summed E-state index contributed by atoms with van der Waals surface area (Å²) >= 11 is 0. The van der Waals surface area contributed by atoms with Crippen LogP contribution in [0.3, 0.4) is 0 Å². The number of hydrogen-bond donors (Lipinski definition) is 0. The molecule has 4 rings (SSSR count). The third kappa shape index (κ3) is 2.05. The summed E-state index contributed by atoms with van der Waals surface area (Å²) in [5, 5.41) is 0. The third-order valence-electron chi connectivity index (χ3n) is 6.34. The molecule has 6 atom stereocenters. The molecule has 0 radical (unpaired) electrons. The van der Waals surface area contributed by atoms with Crippen LogP contribution in [0.2, 0.25) is 0 Å². The Morgan fingerprint density at radius 2 is 1.83 bits per heavy atom. The maximum Gasteiger partial charge on any atom is 0.343 e. The van der Waals surface area contributed by atoms with Crippen LogP contribution in [0.1, 0.15) is 26.7 Å². The largest absolute Gasteiger partial charge is 0.459 e. The molecule has 8 heteroatoms. The molecule has 0 aromatic heterocycles. The summed E-state index contributed by atoms with van der Waals surface area (Å²) in [6.45, 7) is 2.00. The molecule has 0 aromatic carbocycles. The van der Waals surface area contributed by atoms with Gasteiger partial charge in [0, 0.05) is 0 Å². The van der Waals surface area contributed by atoms with Crippen molar-refractivity contribution in [1.82, 2.24) is 0 Å². The van der Waals surface area contributed by atoms with E-state index >= 15 is 0 Å². The minimum absolute atomic E-state index is 0.0183. The lowest BCUT2D eigenvalue weighted by molar-refractivity contribution is -0.244. The van der Waals surface area contributed by atoms with Gasteiger partial charge in [0.25, 0.3) is 0 Å². The summed E-state index contributed by atoms with van der Waals surface area (Å²) in [4.78, 5) is 12.2. The van der Waals surface area contributed by atoms with Crippen molar-refractivity contribution in [3.05, 3.63) is 0 Å². The van der Waals surface area contributed by atoms with Crippen LogP contribution in [0.5, 0.6) is 0 Å². The van der Waals surface area contributed by atoms with Crippen molar-refractivity contribution in [2.45, 2.75) is 45.0 Å². The topological polar surface area (TPSA) is 26.3 Å². The summed E-state index contributed by atoms with van der Waals surface area (Å²) < 4.78 is 81.8. The van der Waals surface area contributed by atoms with Gasteiger partial charge in [0.1, 0.15) is 0 Å². The van der Waals surface area contributed by atoms with E-state index < -0.39 is 42.7 Å². The van der Waals surface area contributed by atoms with E-state index in [1.165, 1.54) is 0 Å². The highest BCUT2D eigenvalue weighted by atomic mass is 19.3. The Hall–Kier alpha value is -0.950. The normalized spacial score (nSPS) is 41.5. The van der Waals surface area contributed by atoms with Crippen LogP contribution in [-0.4, -0.2) is 30.8 Å². The van der Waals surface area contributed by atoms with Gasteiger partial charge in [-0.1, -0.05) is 13.8 Å². The molecular formula is C15H18F6O2. The Kier molecular flexibility index (Phi) is 3.51. The van der Waals surface area contributed by atoms with Crippen molar-refractivity contribution in [2.24, 2.45) is 35.0 Å². The maximum absolute atomic E-state index is 13.5. The van der Waals surface area contributed by atoms with Gasteiger partial charge in [-0.15, -0.1) is 0 Å². The number of carbonyl (C=O) groups is 1. The standard InChI is InChI=1S/C15H18F6O2/c1-6-8-3-9-11(6)15(9,7(8)2)12(22)23-5-14(20,21)13(18,19)4-10(16)17/h6-11H,3-5H2,1-2H3. The SMILES string of the molecule is CC1C2CC3C1C3(C(=O)OCC(F)(F)C(F)(F)CC(F)F)C2C. The fourth-order valence-corrected chi connectivity index (χ4v) is 5.29. The number of alkyl halides is 6. The minimum Gasteiger partial charge on any atom is -0.459 e. The molecule has 0 heterocycles. The van der Waals surface area contributed by atoms with Gasteiger partial charge >= 0.3 is 17.8 Å². The van der Waals surface area contributed by atoms with Crippen LogP contribution < -0.4 is 0 Å². The molecular weight excluding hydrogens is 326 g/mol. The lowest BCUT2D eigenvalue weighted by Crippen LogP contribution is -2.46. The molecule has 4 aliphatic rings. The highest BCUT2D eigenvalue weighted by Gasteiger charge is 2.85. The van der Waals surface area contributed by atoms with Crippen LogP contribution >= 0.6 is 0 Å². The second-order valence-electron chi connectivity index (χ2n) is 7.19. The van der Waals surface area contributed by atoms with E-state index in [0.717, 1.165) is 6.42 Å². The van der Waals surface area contributed by atoms with Crippen LogP contribution in [0.25, 0.3) is 0 Å². The van der Waals surface area contributed by atoms with Gasteiger partial charge in [-0.05, 0) is 36.0 Å². The number of hydrogen-bond acceptors (Lipinski definition) is 2. The lowest BCUT2D eigenvalue weighted by Gasteiger charge is -2.27. The molecule has 4 fully saturated rings. The fourth-order valence-electron chi connectivity index (χ4n) is 5.29. The van der Waals surface area contributed by atoms with Crippen molar-refractivity contribution in [1.29, 1.82) is 0 Å². The third-order valence-corrected chi connectivity index (χ3v) is 6.34. The number of halogens is 6. The molecule has 0 amide bonds. The van der Waals surface area contributed by atoms with Crippen LogP contribution in [0.15, 0.2) is 0 Å². The average Bonchev–Trinajstić information content (AvgIpc) is 2.70. The smallest absolute Gasteiger partial charge is 0.343 e. The molecule has 0 saturated heterocycles. The first kappa shape index (κ1) is 16.9. The Morgan fingerprint density at radius 1 is 1.22 bits per heavy atom. The second kappa shape index (κ2) is 4.79. The fraction of sp³-hybridized carbons (Fsp3) is 0.933. The lowest BCUT2D eigenvalue weighted by atomic mass is 9.90. The molecule has 2 nitrogen and oxygen atoms in total. The van der Waals surface area contributed by atoms with E-state index in [4.69, 9.17) is 0 Å². The van der Waals surface area contributed by atoms with Gasteiger partial charge in [0.15, 0.2) is 6.61 Å². The Balaban J connectivity index is 1.64. The van der Waals surface area contributed by atoms with Gasteiger partial charge in [-0.2, -0.15) is 17.6 Å². The van der Waals surface area contributed by atoms with E-state index in [1.807, 2.05) is 13.8 Å². The van der Waals surface area contributed by atoms with Crippen molar-refractivity contribution in [2.75, 3.05) is 6.61 Å². The predicted octanol–water partition coefficient (Wildman–Crippen LogP) is 3.99. The molecule has 132 valence electrons. The zero-order valence-electron chi connectivity index (χ0n) is 12.7. The molecule has 0 aliphatic heterocycles. The highest BCUT2D eigenvalue weighted by molar-refractivity contribution is 5.84. The number of ether oxygens (including phenoxy) is 1. The minimum atomic E-state index is -4.92.